The molecule has 6 heteroatoms. The molecular formula is C15H13ClN2OS2. The fourth-order valence-electron chi connectivity index (χ4n) is 2.56. The molecule has 0 bridgehead atoms. The SMILES string of the molecule is C[C@H]1CCc2c(sc(NC(=O)c3ccc(Cl)s3)c2C#N)C1. The number of hydrogen-bond acceptors (Lipinski definition) is 4. The lowest BCUT2D eigenvalue weighted by Gasteiger charge is -2.17. The van der Waals surface area contributed by atoms with Crippen LogP contribution in [0.3, 0.4) is 0 Å². The summed E-state index contributed by atoms with van der Waals surface area (Å²) in [7, 11) is 0. The Hall–Kier alpha value is -1.35. The van der Waals surface area contributed by atoms with Crippen molar-refractivity contribution in [1.82, 2.24) is 0 Å². The summed E-state index contributed by atoms with van der Waals surface area (Å²) in [5.74, 6) is 0.442. The highest BCUT2D eigenvalue weighted by Gasteiger charge is 2.25. The number of nitrogens with one attached hydrogen (secondary N) is 1. The van der Waals surface area contributed by atoms with Crippen LogP contribution in [0.4, 0.5) is 5.00 Å². The predicted molar refractivity (Wildman–Crippen MR) is 87.5 cm³/mol. The van der Waals surface area contributed by atoms with E-state index in [1.165, 1.54) is 27.6 Å². The monoisotopic (exact) mass is 336 g/mol. The third-order valence-electron chi connectivity index (χ3n) is 3.65. The molecule has 2 aromatic heterocycles. The zero-order chi connectivity index (χ0) is 15.0. The summed E-state index contributed by atoms with van der Waals surface area (Å²) in [5.41, 5.74) is 1.76. The number of nitriles is 1. The molecule has 21 heavy (non-hydrogen) atoms. The maximum Gasteiger partial charge on any atom is 0.266 e. The van der Waals surface area contributed by atoms with Crippen LogP contribution >= 0.6 is 34.3 Å². The molecule has 0 saturated carbocycles. The maximum atomic E-state index is 12.2. The number of amides is 1. The highest BCUT2D eigenvalue weighted by Crippen LogP contribution is 2.39. The summed E-state index contributed by atoms with van der Waals surface area (Å²) in [6, 6.07) is 5.65. The molecule has 0 aliphatic heterocycles. The van der Waals surface area contributed by atoms with Gasteiger partial charge in [0, 0.05) is 4.88 Å². The smallest absolute Gasteiger partial charge is 0.266 e. The molecule has 0 spiro atoms. The minimum Gasteiger partial charge on any atom is -0.312 e. The number of thiophene rings is 2. The van der Waals surface area contributed by atoms with Gasteiger partial charge in [0.1, 0.15) is 11.1 Å². The summed E-state index contributed by atoms with van der Waals surface area (Å²) in [5, 5.41) is 12.9. The van der Waals surface area contributed by atoms with E-state index in [2.05, 4.69) is 18.3 Å². The van der Waals surface area contributed by atoms with Gasteiger partial charge >= 0.3 is 0 Å². The lowest BCUT2D eigenvalue weighted by molar-refractivity contribution is 0.103. The van der Waals surface area contributed by atoms with Crippen LogP contribution in [-0.4, -0.2) is 5.91 Å². The highest BCUT2D eigenvalue weighted by atomic mass is 35.5. The Balaban J connectivity index is 1.89. The number of carbonyl (C=O) groups excluding carboxylic acids is 1. The molecule has 3 nitrogen and oxygen atoms in total. The van der Waals surface area contributed by atoms with E-state index in [1.54, 1.807) is 12.1 Å². The van der Waals surface area contributed by atoms with Crippen LogP contribution in [0, 0.1) is 17.2 Å². The van der Waals surface area contributed by atoms with E-state index in [0.29, 0.717) is 25.7 Å². The van der Waals surface area contributed by atoms with E-state index in [1.807, 2.05) is 0 Å². The number of fused-ring (bicyclic) bond motifs is 1. The molecule has 0 radical (unpaired) electrons. The van der Waals surface area contributed by atoms with Crippen molar-refractivity contribution in [3.63, 3.8) is 0 Å². The number of anilines is 1. The topological polar surface area (TPSA) is 52.9 Å². The Morgan fingerprint density at radius 2 is 2.29 bits per heavy atom. The fourth-order valence-corrected chi connectivity index (χ4v) is 4.85. The highest BCUT2D eigenvalue weighted by molar-refractivity contribution is 7.18. The number of rotatable bonds is 2. The van der Waals surface area contributed by atoms with E-state index in [9.17, 15) is 10.1 Å². The second kappa shape index (κ2) is 5.80. The summed E-state index contributed by atoms with van der Waals surface area (Å²) >= 11 is 8.63. The molecule has 2 aromatic rings. The van der Waals surface area contributed by atoms with Gasteiger partial charge in [-0.15, -0.1) is 22.7 Å². The quantitative estimate of drug-likeness (QED) is 0.863. The zero-order valence-corrected chi connectivity index (χ0v) is 13.8. The Morgan fingerprint density at radius 1 is 1.48 bits per heavy atom. The molecule has 1 aliphatic carbocycles. The largest absolute Gasteiger partial charge is 0.312 e. The van der Waals surface area contributed by atoms with Gasteiger partial charge in [-0.2, -0.15) is 5.26 Å². The Kier molecular flexibility index (Phi) is 4.03. The van der Waals surface area contributed by atoms with Gasteiger partial charge in [-0.05, 0) is 42.9 Å². The average Bonchev–Trinajstić information content (AvgIpc) is 3.01. The van der Waals surface area contributed by atoms with Crippen molar-refractivity contribution < 1.29 is 4.79 Å². The molecule has 108 valence electrons. The fraction of sp³-hybridized carbons (Fsp3) is 0.333. The number of nitrogens with zero attached hydrogens (tertiary/aromatic N) is 1. The third-order valence-corrected chi connectivity index (χ3v) is 6.05. The van der Waals surface area contributed by atoms with E-state index in [4.69, 9.17) is 11.6 Å². The van der Waals surface area contributed by atoms with Crippen LogP contribution in [0.2, 0.25) is 4.34 Å². The molecule has 0 saturated heterocycles. The number of halogens is 1. The van der Waals surface area contributed by atoms with Crippen LogP contribution in [0.1, 0.15) is 39.0 Å². The van der Waals surface area contributed by atoms with Crippen molar-refractivity contribution in [3.8, 4) is 6.07 Å². The Morgan fingerprint density at radius 3 is 2.95 bits per heavy atom. The predicted octanol–water partition coefficient (Wildman–Crippen LogP) is 4.71. The van der Waals surface area contributed by atoms with E-state index < -0.39 is 0 Å². The minimum atomic E-state index is -0.199. The molecule has 0 unspecified atom stereocenters. The first-order valence-electron chi connectivity index (χ1n) is 6.69. The number of hydrogen-bond donors (Lipinski definition) is 1. The van der Waals surface area contributed by atoms with Gasteiger partial charge < -0.3 is 5.32 Å². The molecular weight excluding hydrogens is 324 g/mol. The molecule has 0 fully saturated rings. The Labute approximate surface area is 136 Å². The second-order valence-corrected chi connectivity index (χ2v) is 8.05. The molecule has 1 atom stereocenters. The lowest BCUT2D eigenvalue weighted by Crippen LogP contribution is -2.10. The van der Waals surface area contributed by atoms with Crippen molar-refractivity contribution in [2.24, 2.45) is 5.92 Å². The van der Waals surface area contributed by atoms with Gasteiger partial charge in [-0.3, -0.25) is 4.79 Å². The van der Waals surface area contributed by atoms with Gasteiger partial charge in [0.15, 0.2) is 0 Å². The van der Waals surface area contributed by atoms with Crippen LogP contribution in [0.25, 0.3) is 0 Å². The van der Waals surface area contributed by atoms with Gasteiger partial charge in [-0.25, -0.2) is 0 Å². The summed E-state index contributed by atoms with van der Waals surface area (Å²) in [6.07, 6.45) is 3.03. The molecule has 0 aromatic carbocycles. The van der Waals surface area contributed by atoms with Crippen molar-refractivity contribution >= 4 is 45.2 Å². The van der Waals surface area contributed by atoms with Gasteiger partial charge in [0.05, 0.1) is 14.8 Å². The van der Waals surface area contributed by atoms with Crippen LogP contribution in [0.15, 0.2) is 12.1 Å². The molecule has 2 heterocycles. The summed E-state index contributed by atoms with van der Waals surface area (Å²) in [6.45, 7) is 2.22. The first-order chi connectivity index (χ1) is 10.1. The zero-order valence-electron chi connectivity index (χ0n) is 11.4. The molecule has 1 N–H and O–H groups in total. The van der Waals surface area contributed by atoms with E-state index in [-0.39, 0.29) is 5.91 Å². The average molecular weight is 337 g/mol. The van der Waals surface area contributed by atoms with Crippen molar-refractivity contribution in [2.75, 3.05) is 5.32 Å². The lowest BCUT2D eigenvalue weighted by atomic mass is 9.89. The molecule has 1 amide bonds. The molecule has 3 rings (SSSR count). The van der Waals surface area contributed by atoms with Crippen molar-refractivity contribution in [1.29, 1.82) is 5.26 Å². The third kappa shape index (κ3) is 2.84. The number of carbonyl (C=O) groups is 1. The normalized spacial score (nSPS) is 17.1. The van der Waals surface area contributed by atoms with Gasteiger partial charge in [0.25, 0.3) is 5.91 Å². The minimum absolute atomic E-state index is 0.199. The maximum absolute atomic E-state index is 12.2. The van der Waals surface area contributed by atoms with Crippen LogP contribution in [-0.2, 0) is 12.8 Å². The van der Waals surface area contributed by atoms with Gasteiger partial charge in [0.2, 0.25) is 0 Å². The standard InChI is InChI=1S/C15H13ClN2OS2/c1-8-2-3-9-10(7-17)15(21-12(9)6-8)18-14(19)11-4-5-13(16)20-11/h4-5,8H,2-3,6H2,1H3,(H,18,19)/t8-/m0/s1. The van der Waals surface area contributed by atoms with Crippen LogP contribution < -0.4 is 5.32 Å². The summed E-state index contributed by atoms with van der Waals surface area (Å²) in [4.78, 5) is 14.0. The molecule has 1 aliphatic rings. The summed E-state index contributed by atoms with van der Waals surface area (Å²) < 4.78 is 0.583. The second-order valence-electron chi connectivity index (χ2n) is 5.23. The van der Waals surface area contributed by atoms with Gasteiger partial charge in [-0.1, -0.05) is 18.5 Å². The Bertz CT molecular complexity index is 741. The first-order valence-corrected chi connectivity index (χ1v) is 8.71. The van der Waals surface area contributed by atoms with Crippen molar-refractivity contribution in [3.05, 3.63) is 37.4 Å². The van der Waals surface area contributed by atoms with E-state index in [0.717, 1.165) is 24.8 Å². The van der Waals surface area contributed by atoms with Crippen molar-refractivity contribution in [2.45, 2.75) is 26.2 Å². The van der Waals surface area contributed by atoms with Crippen LogP contribution in [0.5, 0.6) is 0 Å². The first kappa shape index (κ1) is 14.6. The van der Waals surface area contributed by atoms with E-state index >= 15 is 0 Å².